The first kappa shape index (κ1) is 22.8. The Bertz CT molecular complexity index is 1120. The molecule has 10 heteroatoms. The van der Waals surface area contributed by atoms with Gasteiger partial charge >= 0.3 is 0 Å². The number of alkyl halides is 1. The third-order valence-corrected chi connectivity index (χ3v) is 9.47. The van der Waals surface area contributed by atoms with Crippen molar-refractivity contribution >= 4 is 43.4 Å². The Morgan fingerprint density at radius 2 is 1.20 bits per heavy atom. The van der Waals surface area contributed by atoms with E-state index in [4.69, 9.17) is 11.6 Å². The van der Waals surface area contributed by atoms with Crippen LogP contribution < -0.4 is 0 Å². The summed E-state index contributed by atoms with van der Waals surface area (Å²) in [4.78, 5) is 0.00228. The van der Waals surface area contributed by atoms with E-state index in [-0.39, 0.29) is 13.5 Å². The standard InChI is InChI=1S/C20H17ClFNO4S3/c21-16-11-13-17(14-12-16)28-20(22)15-23(29(24,25)18-7-3-1-4-8-18)30(26,27)19-9-5-2-6-10-19/h1-14,20H,15H2. The molecule has 0 aliphatic rings. The maximum Gasteiger partial charge on any atom is 0.256 e. The smallest absolute Gasteiger partial charge is 0.234 e. The van der Waals surface area contributed by atoms with Crippen LogP contribution in [0.5, 0.6) is 0 Å². The Balaban J connectivity index is 1.98. The first-order valence-corrected chi connectivity index (χ1v) is 12.8. The summed E-state index contributed by atoms with van der Waals surface area (Å²) >= 11 is 6.53. The van der Waals surface area contributed by atoms with Crippen molar-refractivity contribution in [2.45, 2.75) is 20.2 Å². The average molecular weight is 486 g/mol. The zero-order valence-electron chi connectivity index (χ0n) is 15.4. The lowest BCUT2D eigenvalue weighted by molar-refractivity contribution is 0.394. The number of hydrogen-bond donors (Lipinski definition) is 0. The van der Waals surface area contributed by atoms with Crippen LogP contribution in [0.2, 0.25) is 5.02 Å². The van der Waals surface area contributed by atoms with Crippen molar-refractivity contribution in [2.75, 3.05) is 6.54 Å². The molecule has 30 heavy (non-hydrogen) atoms. The monoisotopic (exact) mass is 485 g/mol. The van der Waals surface area contributed by atoms with Crippen LogP contribution in [0.3, 0.4) is 0 Å². The Labute approximate surface area is 184 Å². The lowest BCUT2D eigenvalue weighted by atomic mass is 10.4. The van der Waals surface area contributed by atoms with E-state index < -0.39 is 32.1 Å². The molecule has 1 unspecified atom stereocenters. The lowest BCUT2D eigenvalue weighted by Gasteiger charge is -2.23. The maximum atomic E-state index is 14.9. The predicted octanol–water partition coefficient (Wildman–Crippen LogP) is 4.81. The number of halogens is 2. The van der Waals surface area contributed by atoms with Crippen LogP contribution in [-0.2, 0) is 20.0 Å². The van der Waals surface area contributed by atoms with Crippen molar-refractivity contribution in [3.8, 4) is 0 Å². The first-order valence-electron chi connectivity index (χ1n) is 8.65. The Kier molecular flexibility index (Phi) is 7.20. The molecule has 0 bridgehead atoms. The third-order valence-electron chi connectivity index (χ3n) is 3.99. The summed E-state index contributed by atoms with van der Waals surface area (Å²) in [5.41, 5.74) is -1.84. The molecule has 5 nitrogen and oxygen atoms in total. The minimum atomic E-state index is -4.53. The highest BCUT2D eigenvalue weighted by Gasteiger charge is 2.38. The molecule has 0 spiro atoms. The van der Waals surface area contributed by atoms with Gasteiger partial charge in [0, 0.05) is 9.92 Å². The second-order valence-corrected chi connectivity index (χ2v) is 11.7. The molecule has 3 rings (SSSR count). The molecular weight excluding hydrogens is 469 g/mol. The zero-order chi connectivity index (χ0) is 21.8. The molecule has 0 heterocycles. The van der Waals surface area contributed by atoms with Crippen molar-refractivity contribution in [3.63, 3.8) is 0 Å². The average Bonchev–Trinajstić information content (AvgIpc) is 2.75. The normalized spacial score (nSPS) is 13.3. The van der Waals surface area contributed by atoms with Gasteiger partial charge in [0.05, 0.1) is 16.3 Å². The molecule has 0 N–H and O–H groups in total. The van der Waals surface area contributed by atoms with Gasteiger partial charge in [-0.15, -0.1) is 0 Å². The summed E-state index contributed by atoms with van der Waals surface area (Å²) in [6.45, 7) is -0.887. The van der Waals surface area contributed by atoms with Crippen molar-refractivity contribution in [3.05, 3.63) is 90.0 Å². The molecular formula is C20H17ClFNO4S3. The number of benzene rings is 3. The van der Waals surface area contributed by atoms with Crippen molar-refractivity contribution in [1.29, 1.82) is 0 Å². The first-order chi connectivity index (χ1) is 14.2. The SMILES string of the molecule is O=S(=O)(c1ccccc1)N(CC(F)Sc1ccc(Cl)cc1)S(=O)(=O)c1ccccc1. The van der Waals surface area contributed by atoms with Crippen LogP contribution in [0, 0.1) is 0 Å². The lowest BCUT2D eigenvalue weighted by Crippen LogP contribution is -2.40. The largest absolute Gasteiger partial charge is 0.256 e. The molecule has 0 aromatic heterocycles. The Morgan fingerprint density at radius 3 is 1.63 bits per heavy atom. The van der Waals surface area contributed by atoms with E-state index in [1.807, 2.05) is 0 Å². The molecule has 0 saturated heterocycles. The van der Waals surface area contributed by atoms with E-state index in [2.05, 4.69) is 0 Å². The minimum absolute atomic E-state index is 0.220. The fraction of sp³-hybridized carbons (Fsp3) is 0.100. The van der Waals surface area contributed by atoms with E-state index in [1.165, 1.54) is 48.5 Å². The predicted molar refractivity (Wildman–Crippen MR) is 116 cm³/mol. The summed E-state index contributed by atoms with van der Waals surface area (Å²) < 4.78 is 67.7. The summed E-state index contributed by atoms with van der Waals surface area (Å²) in [7, 11) is -9.06. The van der Waals surface area contributed by atoms with E-state index >= 15 is 0 Å². The molecule has 0 saturated carbocycles. The van der Waals surface area contributed by atoms with Crippen LogP contribution >= 0.6 is 23.4 Å². The number of nitrogens with zero attached hydrogens (tertiary/aromatic N) is 1. The molecule has 3 aromatic rings. The number of hydrogen-bond acceptors (Lipinski definition) is 5. The summed E-state index contributed by atoms with van der Waals surface area (Å²) in [5.74, 6) is 0. The van der Waals surface area contributed by atoms with E-state index in [1.54, 1.807) is 36.4 Å². The molecule has 0 fully saturated rings. The Hall–Kier alpha value is -1.91. The molecule has 158 valence electrons. The molecule has 3 aromatic carbocycles. The van der Waals surface area contributed by atoms with Gasteiger partial charge in [0.25, 0.3) is 20.0 Å². The zero-order valence-corrected chi connectivity index (χ0v) is 18.6. The molecule has 0 aliphatic carbocycles. The van der Waals surface area contributed by atoms with E-state index in [0.717, 1.165) is 0 Å². The van der Waals surface area contributed by atoms with E-state index in [0.29, 0.717) is 21.7 Å². The van der Waals surface area contributed by atoms with Crippen molar-refractivity contribution < 1.29 is 21.2 Å². The second-order valence-electron chi connectivity index (χ2n) is 6.07. The fourth-order valence-electron chi connectivity index (χ4n) is 2.56. The van der Waals surface area contributed by atoms with Gasteiger partial charge in [0.15, 0.2) is 5.50 Å². The molecule has 1 atom stereocenters. The summed E-state index contributed by atoms with van der Waals surface area (Å²) in [6, 6.07) is 20.4. The van der Waals surface area contributed by atoms with Gasteiger partial charge in [0.1, 0.15) is 0 Å². The van der Waals surface area contributed by atoms with Crippen LogP contribution in [0.25, 0.3) is 0 Å². The minimum Gasteiger partial charge on any atom is -0.234 e. The van der Waals surface area contributed by atoms with E-state index in [9.17, 15) is 21.2 Å². The highest BCUT2D eigenvalue weighted by atomic mass is 35.5. The van der Waals surface area contributed by atoms with Gasteiger partial charge in [0.2, 0.25) is 0 Å². The van der Waals surface area contributed by atoms with Gasteiger partial charge in [-0.05, 0) is 48.5 Å². The highest BCUT2D eigenvalue weighted by Crippen LogP contribution is 2.30. The topological polar surface area (TPSA) is 71.5 Å². The quantitative estimate of drug-likeness (QED) is 0.428. The Morgan fingerprint density at radius 1 is 0.767 bits per heavy atom. The second kappa shape index (κ2) is 9.49. The van der Waals surface area contributed by atoms with Gasteiger partial charge in [-0.3, -0.25) is 0 Å². The number of rotatable bonds is 8. The van der Waals surface area contributed by atoms with Gasteiger partial charge in [-0.1, -0.05) is 63.5 Å². The van der Waals surface area contributed by atoms with Gasteiger partial charge < -0.3 is 0 Å². The summed E-state index contributed by atoms with van der Waals surface area (Å²) in [5, 5.41) is 0.467. The van der Waals surface area contributed by atoms with Crippen LogP contribution in [-0.4, -0.2) is 32.6 Å². The van der Waals surface area contributed by atoms with Crippen LogP contribution in [0.15, 0.2) is 99.6 Å². The highest BCUT2D eigenvalue weighted by molar-refractivity contribution is 8.04. The van der Waals surface area contributed by atoms with Crippen LogP contribution in [0.1, 0.15) is 0 Å². The van der Waals surface area contributed by atoms with Gasteiger partial charge in [-0.2, -0.15) is 0 Å². The van der Waals surface area contributed by atoms with Crippen LogP contribution in [0.4, 0.5) is 4.39 Å². The number of sulfonamides is 2. The molecule has 0 amide bonds. The third kappa shape index (κ3) is 5.22. The molecule has 0 radical (unpaired) electrons. The van der Waals surface area contributed by atoms with Crippen molar-refractivity contribution in [2.24, 2.45) is 0 Å². The fourth-order valence-corrected chi connectivity index (χ4v) is 7.36. The maximum absolute atomic E-state index is 14.9. The summed E-state index contributed by atoms with van der Waals surface area (Å²) in [6.07, 6.45) is 0. The van der Waals surface area contributed by atoms with Crippen molar-refractivity contribution in [1.82, 2.24) is 3.71 Å². The number of thioether (sulfide) groups is 1. The van der Waals surface area contributed by atoms with Gasteiger partial charge in [-0.25, -0.2) is 21.2 Å². The molecule has 0 aliphatic heterocycles.